The molecular formula is C15H15ClN2O6. The number of benzene rings is 1. The molecule has 0 aliphatic carbocycles. The topological polar surface area (TPSA) is 104 Å². The van der Waals surface area contributed by atoms with E-state index in [1.165, 1.54) is 31.4 Å². The van der Waals surface area contributed by atoms with Crippen molar-refractivity contribution in [2.75, 3.05) is 20.3 Å². The van der Waals surface area contributed by atoms with E-state index in [-0.39, 0.29) is 34.7 Å². The Morgan fingerprint density at radius 2 is 2.17 bits per heavy atom. The Morgan fingerprint density at radius 1 is 1.38 bits per heavy atom. The van der Waals surface area contributed by atoms with Crippen LogP contribution in [0.3, 0.4) is 0 Å². The van der Waals surface area contributed by atoms with Gasteiger partial charge in [-0.2, -0.15) is 0 Å². The van der Waals surface area contributed by atoms with Crippen molar-refractivity contribution in [1.29, 1.82) is 0 Å². The highest BCUT2D eigenvalue weighted by Gasteiger charge is 2.13. The average Bonchev–Trinajstić information content (AvgIpc) is 3.02. The molecule has 0 bridgehead atoms. The summed E-state index contributed by atoms with van der Waals surface area (Å²) in [6, 6.07) is 7.02. The molecule has 0 aliphatic heterocycles. The second-order valence-electron chi connectivity index (χ2n) is 4.68. The number of nitrogens with zero attached hydrogens (tertiary/aromatic N) is 1. The molecular weight excluding hydrogens is 340 g/mol. The highest BCUT2D eigenvalue weighted by molar-refractivity contribution is 6.32. The van der Waals surface area contributed by atoms with Gasteiger partial charge in [0, 0.05) is 25.8 Å². The lowest BCUT2D eigenvalue weighted by Crippen LogP contribution is -2.26. The van der Waals surface area contributed by atoms with Gasteiger partial charge < -0.3 is 19.2 Å². The van der Waals surface area contributed by atoms with Gasteiger partial charge in [-0.15, -0.1) is 0 Å². The van der Waals surface area contributed by atoms with Crippen LogP contribution >= 0.6 is 11.6 Å². The third kappa shape index (κ3) is 4.71. The fraction of sp³-hybridized carbons (Fsp3) is 0.267. The number of nitrogens with one attached hydrogen (secondary N) is 1. The number of amides is 1. The van der Waals surface area contributed by atoms with Crippen molar-refractivity contribution in [2.24, 2.45) is 0 Å². The molecule has 1 aromatic heterocycles. The van der Waals surface area contributed by atoms with Crippen LogP contribution < -0.4 is 10.1 Å². The summed E-state index contributed by atoms with van der Waals surface area (Å²) in [4.78, 5) is 21.9. The lowest BCUT2D eigenvalue weighted by molar-refractivity contribution is -0.384. The van der Waals surface area contributed by atoms with Crippen LogP contribution in [0, 0.1) is 10.1 Å². The summed E-state index contributed by atoms with van der Waals surface area (Å²) in [7, 11) is 1.54. The zero-order chi connectivity index (χ0) is 17.5. The third-order valence-electron chi connectivity index (χ3n) is 2.97. The molecule has 0 saturated heterocycles. The Hall–Kier alpha value is -2.58. The molecule has 0 radical (unpaired) electrons. The van der Waals surface area contributed by atoms with Gasteiger partial charge in [0.15, 0.2) is 5.76 Å². The summed E-state index contributed by atoms with van der Waals surface area (Å²) >= 11 is 5.93. The van der Waals surface area contributed by atoms with E-state index in [0.717, 1.165) is 0 Å². The van der Waals surface area contributed by atoms with E-state index in [1.807, 2.05) is 0 Å². The van der Waals surface area contributed by atoms with Gasteiger partial charge in [0.25, 0.3) is 11.6 Å². The zero-order valence-electron chi connectivity index (χ0n) is 12.8. The molecule has 1 N–H and O–H groups in total. The van der Waals surface area contributed by atoms with Gasteiger partial charge in [-0.1, -0.05) is 11.6 Å². The number of carbonyl (C=O) groups is 1. The van der Waals surface area contributed by atoms with Crippen LogP contribution in [0.1, 0.15) is 16.3 Å². The summed E-state index contributed by atoms with van der Waals surface area (Å²) in [5.41, 5.74) is -0.125. The summed E-state index contributed by atoms with van der Waals surface area (Å²) < 4.78 is 15.7. The van der Waals surface area contributed by atoms with Gasteiger partial charge in [-0.3, -0.25) is 14.9 Å². The lowest BCUT2D eigenvalue weighted by atomic mass is 10.3. The maximum Gasteiger partial charge on any atom is 0.287 e. The van der Waals surface area contributed by atoms with Crippen molar-refractivity contribution in [1.82, 2.24) is 5.32 Å². The van der Waals surface area contributed by atoms with Crippen LogP contribution in [-0.2, 0) is 11.3 Å². The number of halogens is 1. The molecule has 8 nitrogen and oxygen atoms in total. The van der Waals surface area contributed by atoms with E-state index in [9.17, 15) is 14.9 Å². The fourth-order valence-electron chi connectivity index (χ4n) is 1.80. The van der Waals surface area contributed by atoms with E-state index in [4.69, 9.17) is 25.5 Å². The number of nitro groups is 1. The monoisotopic (exact) mass is 354 g/mol. The van der Waals surface area contributed by atoms with E-state index in [1.54, 1.807) is 6.07 Å². The largest absolute Gasteiger partial charge is 0.484 e. The molecule has 0 aliphatic rings. The Morgan fingerprint density at radius 3 is 2.83 bits per heavy atom. The molecule has 2 aromatic rings. The molecule has 24 heavy (non-hydrogen) atoms. The highest BCUT2D eigenvalue weighted by atomic mass is 35.5. The molecule has 0 fully saturated rings. The predicted octanol–water partition coefficient (Wildman–Crippen LogP) is 2.80. The molecule has 1 amide bonds. The Balaban J connectivity index is 1.93. The predicted molar refractivity (Wildman–Crippen MR) is 85.4 cm³/mol. The van der Waals surface area contributed by atoms with Gasteiger partial charge in [0.1, 0.15) is 18.1 Å². The number of furan rings is 1. The van der Waals surface area contributed by atoms with Crippen molar-refractivity contribution in [3.05, 3.63) is 57.0 Å². The van der Waals surface area contributed by atoms with Gasteiger partial charge in [-0.05, 0) is 18.2 Å². The second kappa shape index (κ2) is 8.32. The van der Waals surface area contributed by atoms with Crippen molar-refractivity contribution < 1.29 is 23.6 Å². The molecule has 0 unspecified atom stereocenters. The summed E-state index contributed by atoms with van der Waals surface area (Å²) in [6.07, 6.45) is 0. The van der Waals surface area contributed by atoms with Crippen LogP contribution in [0.15, 0.2) is 34.7 Å². The first-order chi connectivity index (χ1) is 11.5. The van der Waals surface area contributed by atoms with Crippen LogP contribution in [0.4, 0.5) is 5.69 Å². The fourth-order valence-corrected chi connectivity index (χ4v) is 2.03. The highest BCUT2D eigenvalue weighted by Crippen LogP contribution is 2.29. The molecule has 128 valence electrons. The van der Waals surface area contributed by atoms with Gasteiger partial charge in [0.05, 0.1) is 16.6 Å². The molecule has 1 heterocycles. The van der Waals surface area contributed by atoms with E-state index in [0.29, 0.717) is 18.9 Å². The first-order valence-corrected chi connectivity index (χ1v) is 7.31. The van der Waals surface area contributed by atoms with E-state index in [2.05, 4.69) is 5.32 Å². The molecule has 0 spiro atoms. The number of hydrogen-bond donors (Lipinski definition) is 1. The van der Waals surface area contributed by atoms with Crippen LogP contribution in [-0.4, -0.2) is 31.1 Å². The Bertz CT molecular complexity index is 731. The van der Waals surface area contributed by atoms with Gasteiger partial charge in [0.2, 0.25) is 0 Å². The number of rotatable bonds is 8. The SMILES string of the molecule is COCCNC(=O)c1ccc(COc2ccc([N+](=O)[O-])cc2Cl)o1. The number of hydrogen-bond acceptors (Lipinski definition) is 6. The third-order valence-corrected chi connectivity index (χ3v) is 3.27. The standard InChI is InChI=1S/C15H15ClN2O6/c1-22-7-6-17-15(19)14-5-3-11(24-14)9-23-13-4-2-10(18(20)21)8-12(13)16/h2-5,8H,6-7,9H2,1H3,(H,17,19). The first-order valence-electron chi connectivity index (χ1n) is 6.94. The van der Waals surface area contributed by atoms with Crippen LogP contribution in [0.5, 0.6) is 5.75 Å². The number of carbonyl (C=O) groups excluding carboxylic acids is 1. The lowest BCUT2D eigenvalue weighted by Gasteiger charge is -2.06. The normalized spacial score (nSPS) is 10.4. The molecule has 0 atom stereocenters. The number of non-ortho nitro benzene ring substituents is 1. The molecule has 0 saturated carbocycles. The van der Waals surface area contributed by atoms with Crippen molar-refractivity contribution in [3.8, 4) is 5.75 Å². The Kier molecular flexibility index (Phi) is 6.16. The van der Waals surface area contributed by atoms with Crippen molar-refractivity contribution >= 4 is 23.2 Å². The molecule has 2 rings (SSSR count). The second-order valence-corrected chi connectivity index (χ2v) is 5.08. The summed E-state index contributed by atoms with van der Waals surface area (Å²) in [5, 5.41) is 13.4. The smallest absolute Gasteiger partial charge is 0.287 e. The van der Waals surface area contributed by atoms with Crippen molar-refractivity contribution in [2.45, 2.75) is 6.61 Å². The average molecular weight is 355 g/mol. The van der Waals surface area contributed by atoms with Crippen LogP contribution in [0.2, 0.25) is 5.02 Å². The van der Waals surface area contributed by atoms with Gasteiger partial charge in [-0.25, -0.2) is 0 Å². The summed E-state index contributed by atoms with van der Waals surface area (Å²) in [6.45, 7) is 0.810. The minimum absolute atomic E-state index is 0.0306. The minimum atomic E-state index is -0.545. The van der Waals surface area contributed by atoms with E-state index >= 15 is 0 Å². The minimum Gasteiger partial charge on any atom is -0.484 e. The molecule has 9 heteroatoms. The van der Waals surface area contributed by atoms with Crippen LogP contribution in [0.25, 0.3) is 0 Å². The zero-order valence-corrected chi connectivity index (χ0v) is 13.5. The van der Waals surface area contributed by atoms with Gasteiger partial charge >= 0.3 is 0 Å². The van der Waals surface area contributed by atoms with E-state index < -0.39 is 4.92 Å². The first kappa shape index (κ1) is 17.8. The summed E-state index contributed by atoms with van der Waals surface area (Å²) in [5.74, 6) is 0.497. The number of ether oxygens (including phenoxy) is 2. The number of methoxy groups -OCH3 is 1. The van der Waals surface area contributed by atoms with Crippen molar-refractivity contribution in [3.63, 3.8) is 0 Å². The Labute approximate surface area is 142 Å². The number of nitro benzene ring substituents is 1. The molecule has 1 aromatic carbocycles. The maximum atomic E-state index is 11.8. The maximum absolute atomic E-state index is 11.8. The quantitative estimate of drug-likeness (QED) is 0.444.